The predicted molar refractivity (Wildman–Crippen MR) is 77.8 cm³/mol. The van der Waals surface area contributed by atoms with Crippen LogP contribution in [-0.4, -0.2) is 42.8 Å². The molecular weight excluding hydrogens is 224 g/mol. The van der Waals surface area contributed by atoms with E-state index in [0.717, 1.165) is 19.7 Å². The first-order valence-corrected chi connectivity index (χ1v) is 7.79. The molecule has 0 aliphatic carbocycles. The van der Waals surface area contributed by atoms with Crippen molar-refractivity contribution < 1.29 is 4.74 Å². The standard InChI is InChI=1S/C15H32N2O/c1-4-9-15(13-16,10-5-2)17-11-7-8-14(12-17)18-6-3/h14H,4-13,16H2,1-3H3. The summed E-state index contributed by atoms with van der Waals surface area (Å²) in [5, 5.41) is 0. The zero-order chi connectivity index (χ0) is 13.4. The van der Waals surface area contributed by atoms with Gasteiger partial charge in [-0.05, 0) is 39.2 Å². The maximum atomic E-state index is 6.15. The lowest BCUT2D eigenvalue weighted by molar-refractivity contribution is -0.0382. The van der Waals surface area contributed by atoms with Crippen molar-refractivity contribution >= 4 is 0 Å². The van der Waals surface area contributed by atoms with Gasteiger partial charge in [0.2, 0.25) is 0 Å². The minimum Gasteiger partial charge on any atom is -0.377 e. The molecule has 2 N–H and O–H groups in total. The van der Waals surface area contributed by atoms with E-state index in [2.05, 4.69) is 25.7 Å². The van der Waals surface area contributed by atoms with Crippen LogP contribution < -0.4 is 5.73 Å². The van der Waals surface area contributed by atoms with Crippen LogP contribution in [0.2, 0.25) is 0 Å². The van der Waals surface area contributed by atoms with Crippen molar-refractivity contribution in [2.24, 2.45) is 5.73 Å². The third kappa shape index (κ3) is 3.94. The lowest BCUT2D eigenvalue weighted by atomic mass is 9.85. The summed E-state index contributed by atoms with van der Waals surface area (Å²) >= 11 is 0. The first-order valence-electron chi connectivity index (χ1n) is 7.79. The molecule has 0 saturated carbocycles. The van der Waals surface area contributed by atoms with Crippen molar-refractivity contribution in [2.75, 3.05) is 26.2 Å². The summed E-state index contributed by atoms with van der Waals surface area (Å²) in [6.45, 7) is 10.5. The van der Waals surface area contributed by atoms with E-state index in [-0.39, 0.29) is 5.54 Å². The highest BCUT2D eigenvalue weighted by atomic mass is 16.5. The second kappa shape index (κ2) is 8.13. The topological polar surface area (TPSA) is 38.5 Å². The zero-order valence-electron chi connectivity index (χ0n) is 12.6. The van der Waals surface area contributed by atoms with Crippen molar-refractivity contribution in [2.45, 2.75) is 70.9 Å². The third-order valence-corrected chi connectivity index (χ3v) is 4.26. The summed E-state index contributed by atoms with van der Waals surface area (Å²) in [5.74, 6) is 0. The Kier molecular flexibility index (Phi) is 7.20. The number of rotatable bonds is 8. The first-order chi connectivity index (χ1) is 8.72. The summed E-state index contributed by atoms with van der Waals surface area (Å²) in [4.78, 5) is 2.63. The van der Waals surface area contributed by atoms with Gasteiger partial charge in [0.15, 0.2) is 0 Å². The molecule has 0 bridgehead atoms. The first kappa shape index (κ1) is 15.9. The molecule has 0 amide bonds. The van der Waals surface area contributed by atoms with Crippen molar-refractivity contribution in [3.63, 3.8) is 0 Å². The molecule has 18 heavy (non-hydrogen) atoms. The summed E-state index contributed by atoms with van der Waals surface area (Å²) in [6.07, 6.45) is 7.75. The SMILES string of the molecule is CCCC(CN)(CCC)N1CCCC(OCC)C1. The Hall–Kier alpha value is -0.120. The Balaban J connectivity index is 2.70. The number of nitrogens with two attached hydrogens (primary N) is 1. The fourth-order valence-electron chi connectivity index (χ4n) is 3.45. The monoisotopic (exact) mass is 256 g/mol. The molecule has 3 nitrogen and oxygen atoms in total. The smallest absolute Gasteiger partial charge is 0.0702 e. The Morgan fingerprint density at radius 3 is 2.39 bits per heavy atom. The van der Waals surface area contributed by atoms with Crippen LogP contribution in [-0.2, 0) is 4.74 Å². The normalized spacial score (nSPS) is 22.3. The minimum absolute atomic E-state index is 0.221. The Bertz CT molecular complexity index is 213. The summed E-state index contributed by atoms with van der Waals surface area (Å²) in [5.41, 5.74) is 6.37. The molecule has 1 heterocycles. The zero-order valence-corrected chi connectivity index (χ0v) is 12.6. The van der Waals surface area contributed by atoms with Crippen LogP contribution in [0.1, 0.15) is 59.3 Å². The highest BCUT2D eigenvalue weighted by molar-refractivity contribution is 4.94. The van der Waals surface area contributed by atoms with E-state index in [0.29, 0.717) is 6.10 Å². The number of piperidine rings is 1. The lowest BCUT2D eigenvalue weighted by Crippen LogP contribution is -2.58. The summed E-state index contributed by atoms with van der Waals surface area (Å²) in [6, 6.07) is 0. The molecule has 1 aliphatic heterocycles. The van der Waals surface area contributed by atoms with Crippen LogP contribution in [0.4, 0.5) is 0 Å². The van der Waals surface area contributed by atoms with Gasteiger partial charge in [0, 0.05) is 25.2 Å². The van der Waals surface area contributed by atoms with Gasteiger partial charge in [-0.2, -0.15) is 0 Å². The third-order valence-electron chi connectivity index (χ3n) is 4.26. The van der Waals surface area contributed by atoms with Gasteiger partial charge in [0.05, 0.1) is 6.10 Å². The molecule has 0 radical (unpaired) electrons. The van der Waals surface area contributed by atoms with Crippen LogP contribution in [0.5, 0.6) is 0 Å². The molecule has 0 aromatic carbocycles. The van der Waals surface area contributed by atoms with E-state index in [1.165, 1.54) is 45.1 Å². The van der Waals surface area contributed by atoms with E-state index >= 15 is 0 Å². The number of likely N-dealkylation sites (tertiary alicyclic amines) is 1. The molecule has 1 atom stereocenters. The van der Waals surface area contributed by atoms with Gasteiger partial charge in [-0.25, -0.2) is 0 Å². The van der Waals surface area contributed by atoms with Gasteiger partial charge < -0.3 is 10.5 Å². The van der Waals surface area contributed by atoms with E-state index in [1.807, 2.05) is 0 Å². The van der Waals surface area contributed by atoms with Crippen LogP contribution in [0.25, 0.3) is 0 Å². The molecule has 108 valence electrons. The van der Waals surface area contributed by atoms with Gasteiger partial charge in [0.1, 0.15) is 0 Å². The van der Waals surface area contributed by atoms with Gasteiger partial charge in [0.25, 0.3) is 0 Å². The maximum absolute atomic E-state index is 6.15. The number of hydrogen-bond acceptors (Lipinski definition) is 3. The fraction of sp³-hybridized carbons (Fsp3) is 1.00. The highest BCUT2D eigenvalue weighted by Crippen LogP contribution is 2.30. The van der Waals surface area contributed by atoms with Crippen molar-refractivity contribution in [1.29, 1.82) is 0 Å². The second-order valence-corrected chi connectivity index (χ2v) is 5.59. The van der Waals surface area contributed by atoms with Gasteiger partial charge in [-0.15, -0.1) is 0 Å². The molecule has 3 heteroatoms. The minimum atomic E-state index is 0.221. The van der Waals surface area contributed by atoms with E-state index in [9.17, 15) is 0 Å². The Morgan fingerprint density at radius 1 is 1.22 bits per heavy atom. The van der Waals surface area contributed by atoms with E-state index in [4.69, 9.17) is 10.5 Å². The highest BCUT2D eigenvalue weighted by Gasteiger charge is 2.36. The molecule has 1 saturated heterocycles. The molecule has 1 unspecified atom stereocenters. The molecular formula is C15H32N2O. The predicted octanol–water partition coefficient (Wildman–Crippen LogP) is 2.79. The van der Waals surface area contributed by atoms with Gasteiger partial charge >= 0.3 is 0 Å². The van der Waals surface area contributed by atoms with E-state index in [1.54, 1.807) is 0 Å². The fourth-order valence-corrected chi connectivity index (χ4v) is 3.45. The quantitative estimate of drug-likeness (QED) is 0.726. The average molecular weight is 256 g/mol. The number of nitrogens with zero attached hydrogens (tertiary/aromatic N) is 1. The summed E-state index contributed by atoms with van der Waals surface area (Å²) < 4.78 is 5.83. The maximum Gasteiger partial charge on any atom is 0.0702 e. The van der Waals surface area contributed by atoms with Crippen molar-refractivity contribution in [3.8, 4) is 0 Å². The second-order valence-electron chi connectivity index (χ2n) is 5.59. The van der Waals surface area contributed by atoms with Crippen LogP contribution in [0.3, 0.4) is 0 Å². The van der Waals surface area contributed by atoms with Crippen LogP contribution >= 0.6 is 0 Å². The van der Waals surface area contributed by atoms with Gasteiger partial charge in [-0.1, -0.05) is 26.7 Å². The number of hydrogen-bond donors (Lipinski definition) is 1. The summed E-state index contributed by atoms with van der Waals surface area (Å²) in [7, 11) is 0. The molecule has 1 fully saturated rings. The van der Waals surface area contributed by atoms with Crippen molar-refractivity contribution in [1.82, 2.24) is 4.90 Å². The van der Waals surface area contributed by atoms with Gasteiger partial charge in [-0.3, -0.25) is 4.90 Å². The van der Waals surface area contributed by atoms with Crippen molar-refractivity contribution in [3.05, 3.63) is 0 Å². The molecule has 1 rings (SSSR count). The van der Waals surface area contributed by atoms with E-state index < -0.39 is 0 Å². The Morgan fingerprint density at radius 2 is 1.89 bits per heavy atom. The number of ether oxygens (including phenoxy) is 1. The van der Waals surface area contributed by atoms with Crippen LogP contribution in [0, 0.1) is 0 Å². The molecule has 0 aromatic rings. The molecule has 0 spiro atoms. The van der Waals surface area contributed by atoms with Crippen LogP contribution in [0.15, 0.2) is 0 Å². The Labute approximate surface area is 113 Å². The molecule has 1 aliphatic rings. The average Bonchev–Trinajstić information content (AvgIpc) is 2.39. The largest absolute Gasteiger partial charge is 0.377 e. The lowest BCUT2D eigenvalue weighted by Gasteiger charge is -2.47. The molecule has 0 aromatic heterocycles.